The second-order valence-electron chi connectivity index (χ2n) is 7.79. The second-order valence-corrected chi connectivity index (χ2v) is 10.4. The van der Waals surface area contributed by atoms with E-state index in [1.165, 1.54) is 11.3 Å². The number of nitrogens with one attached hydrogen (secondary N) is 3. The molecule has 2 aromatic carbocycles. The molecule has 0 unspecified atom stereocenters. The van der Waals surface area contributed by atoms with Gasteiger partial charge in [-0.25, -0.2) is 18.1 Å². The van der Waals surface area contributed by atoms with Crippen LogP contribution >= 0.6 is 11.3 Å². The van der Waals surface area contributed by atoms with E-state index in [1.807, 2.05) is 24.6 Å². The Balaban J connectivity index is 1.38. The summed E-state index contributed by atoms with van der Waals surface area (Å²) in [5.74, 6) is 0.403. The minimum atomic E-state index is -3.47. The number of hydrogen-bond acceptors (Lipinski definition) is 7. The summed E-state index contributed by atoms with van der Waals surface area (Å²) in [7, 11) is -0.0971. The molecule has 1 amide bonds. The summed E-state index contributed by atoms with van der Waals surface area (Å²) < 4.78 is 32.6. The van der Waals surface area contributed by atoms with Crippen molar-refractivity contribution in [2.45, 2.75) is 36.6 Å². The van der Waals surface area contributed by atoms with Crippen LogP contribution in [0.4, 0.5) is 10.8 Å². The molecule has 0 radical (unpaired) electrons. The minimum absolute atomic E-state index is 0.0646. The molecule has 174 valence electrons. The predicted molar refractivity (Wildman–Crippen MR) is 130 cm³/mol. The van der Waals surface area contributed by atoms with E-state index in [0.717, 1.165) is 34.8 Å². The first kappa shape index (κ1) is 23.2. The quantitative estimate of drug-likeness (QED) is 0.401. The third-order valence-electron chi connectivity index (χ3n) is 5.26. The lowest BCUT2D eigenvalue weighted by Crippen LogP contribution is -2.25. The predicted octanol–water partition coefficient (Wildman–Crippen LogP) is 3.87. The van der Waals surface area contributed by atoms with E-state index in [9.17, 15) is 13.2 Å². The number of anilines is 2. The van der Waals surface area contributed by atoms with Crippen LogP contribution in [-0.2, 0) is 21.2 Å². The lowest BCUT2D eigenvalue weighted by Gasteiger charge is -2.12. The molecular weight excluding hydrogens is 460 g/mol. The zero-order chi connectivity index (χ0) is 23.4. The van der Waals surface area contributed by atoms with Gasteiger partial charge in [0.2, 0.25) is 15.9 Å². The third kappa shape index (κ3) is 5.89. The number of hydrogen-bond donors (Lipinski definition) is 3. The van der Waals surface area contributed by atoms with Crippen LogP contribution in [0.15, 0.2) is 52.7 Å². The van der Waals surface area contributed by atoms with E-state index in [0.29, 0.717) is 17.9 Å². The van der Waals surface area contributed by atoms with Gasteiger partial charge >= 0.3 is 0 Å². The van der Waals surface area contributed by atoms with E-state index in [1.54, 1.807) is 37.4 Å². The largest absolute Gasteiger partial charge is 0.495 e. The molecule has 1 saturated carbocycles. The Kier molecular flexibility index (Phi) is 6.96. The van der Waals surface area contributed by atoms with Crippen molar-refractivity contribution in [3.8, 4) is 17.0 Å². The average molecular weight is 487 g/mol. The third-order valence-corrected chi connectivity index (χ3v) is 7.66. The fraction of sp³-hybridized carbons (Fsp3) is 0.304. The fourth-order valence-electron chi connectivity index (χ4n) is 3.28. The molecule has 33 heavy (non-hydrogen) atoms. The second kappa shape index (κ2) is 9.90. The summed E-state index contributed by atoms with van der Waals surface area (Å²) in [4.78, 5) is 17.4. The first-order chi connectivity index (χ1) is 15.9. The Morgan fingerprint density at radius 3 is 2.58 bits per heavy atom. The molecule has 1 heterocycles. The number of carbonyl (C=O) groups excluding carboxylic acids is 1. The smallest absolute Gasteiger partial charge is 0.240 e. The standard InChI is InChI=1S/C23H26N4O4S2/c1-24-23-26-20(14-32-23)16-6-11-21(31-2)19(13-16)25-22(28)12-5-15-3-9-18(10-4-15)33(29,30)27-17-7-8-17/h3-4,6,9-11,13-14,17,27H,5,7-8,12H2,1-2H3,(H,24,26)(H,25,28). The number of ether oxygens (including phenoxy) is 1. The summed E-state index contributed by atoms with van der Waals surface area (Å²) >= 11 is 1.51. The number of nitrogens with zero attached hydrogens (tertiary/aromatic N) is 1. The van der Waals surface area contributed by atoms with Gasteiger partial charge in [-0.05, 0) is 55.2 Å². The minimum Gasteiger partial charge on any atom is -0.495 e. The van der Waals surface area contributed by atoms with Gasteiger partial charge < -0.3 is 15.4 Å². The zero-order valence-electron chi connectivity index (χ0n) is 18.4. The first-order valence-electron chi connectivity index (χ1n) is 10.6. The summed E-state index contributed by atoms with van der Waals surface area (Å²) in [6, 6.07) is 12.3. The molecule has 8 nitrogen and oxygen atoms in total. The number of sulfonamides is 1. The van der Waals surface area contributed by atoms with Crippen LogP contribution in [-0.4, -0.2) is 39.5 Å². The number of rotatable bonds is 10. The Labute approximate surface area is 197 Å². The molecule has 0 bridgehead atoms. The number of aryl methyl sites for hydroxylation is 1. The van der Waals surface area contributed by atoms with E-state index in [-0.39, 0.29) is 23.3 Å². The Morgan fingerprint density at radius 1 is 1.18 bits per heavy atom. The molecule has 3 N–H and O–H groups in total. The molecule has 1 aliphatic rings. The Bertz CT molecular complexity index is 1240. The van der Waals surface area contributed by atoms with Crippen LogP contribution in [0.25, 0.3) is 11.3 Å². The highest BCUT2D eigenvalue weighted by molar-refractivity contribution is 7.89. The van der Waals surface area contributed by atoms with E-state index >= 15 is 0 Å². The van der Waals surface area contributed by atoms with Crippen molar-refractivity contribution in [3.63, 3.8) is 0 Å². The molecule has 4 rings (SSSR count). The highest BCUT2D eigenvalue weighted by atomic mass is 32.2. The van der Waals surface area contributed by atoms with Gasteiger partial charge in [-0.1, -0.05) is 12.1 Å². The van der Waals surface area contributed by atoms with Crippen molar-refractivity contribution in [1.82, 2.24) is 9.71 Å². The maximum absolute atomic E-state index is 12.6. The van der Waals surface area contributed by atoms with Crippen molar-refractivity contribution in [2.75, 3.05) is 24.8 Å². The first-order valence-corrected chi connectivity index (χ1v) is 13.0. The lowest BCUT2D eigenvalue weighted by atomic mass is 10.1. The van der Waals surface area contributed by atoms with Crippen LogP contribution < -0.4 is 20.1 Å². The van der Waals surface area contributed by atoms with Crippen molar-refractivity contribution in [2.24, 2.45) is 0 Å². The van der Waals surface area contributed by atoms with Gasteiger partial charge in [0.25, 0.3) is 0 Å². The Hall–Kier alpha value is -2.95. The highest BCUT2D eigenvalue weighted by Gasteiger charge is 2.27. The number of amides is 1. The molecular formula is C23H26N4O4S2. The van der Waals surface area contributed by atoms with Crippen molar-refractivity contribution in [1.29, 1.82) is 0 Å². The SMILES string of the molecule is CNc1nc(-c2ccc(OC)c(NC(=O)CCc3ccc(S(=O)(=O)NC4CC4)cc3)c2)cs1. The van der Waals surface area contributed by atoms with E-state index in [4.69, 9.17) is 4.74 Å². The van der Waals surface area contributed by atoms with Crippen LogP contribution in [0, 0.1) is 0 Å². The van der Waals surface area contributed by atoms with Crippen LogP contribution in [0.3, 0.4) is 0 Å². The van der Waals surface area contributed by atoms with Gasteiger partial charge in [0.05, 0.1) is 23.4 Å². The molecule has 10 heteroatoms. The Morgan fingerprint density at radius 2 is 1.94 bits per heavy atom. The van der Waals surface area contributed by atoms with Crippen molar-refractivity contribution in [3.05, 3.63) is 53.4 Å². The number of carbonyl (C=O) groups is 1. The van der Waals surface area contributed by atoms with Crippen LogP contribution in [0.2, 0.25) is 0 Å². The number of aromatic nitrogens is 1. The van der Waals surface area contributed by atoms with Gasteiger partial charge in [0, 0.05) is 30.5 Å². The molecule has 0 saturated heterocycles. The van der Waals surface area contributed by atoms with Gasteiger partial charge in [-0.15, -0.1) is 11.3 Å². The van der Waals surface area contributed by atoms with Gasteiger partial charge in [-0.3, -0.25) is 4.79 Å². The van der Waals surface area contributed by atoms with Gasteiger partial charge in [0.15, 0.2) is 5.13 Å². The summed E-state index contributed by atoms with van der Waals surface area (Å²) in [6.07, 6.45) is 2.52. The van der Waals surface area contributed by atoms with Crippen molar-refractivity contribution >= 4 is 38.1 Å². The molecule has 0 aliphatic heterocycles. The number of benzene rings is 2. The van der Waals surface area contributed by atoms with Crippen LogP contribution in [0.1, 0.15) is 24.8 Å². The molecule has 1 fully saturated rings. The average Bonchev–Trinajstić information content (AvgIpc) is 3.48. The van der Waals surface area contributed by atoms with E-state index < -0.39 is 10.0 Å². The van der Waals surface area contributed by atoms with Crippen molar-refractivity contribution < 1.29 is 17.9 Å². The summed E-state index contributed by atoms with van der Waals surface area (Å²) in [6.45, 7) is 0. The van der Waals surface area contributed by atoms with Gasteiger partial charge in [0.1, 0.15) is 5.75 Å². The highest BCUT2D eigenvalue weighted by Crippen LogP contribution is 2.32. The zero-order valence-corrected chi connectivity index (χ0v) is 20.1. The lowest BCUT2D eigenvalue weighted by molar-refractivity contribution is -0.116. The molecule has 1 aromatic heterocycles. The molecule has 1 aliphatic carbocycles. The topological polar surface area (TPSA) is 109 Å². The summed E-state index contributed by atoms with van der Waals surface area (Å²) in [5.41, 5.74) is 3.15. The van der Waals surface area contributed by atoms with Crippen LogP contribution in [0.5, 0.6) is 5.75 Å². The maximum Gasteiger partial charge on any atom is 0.240 e. The molecule has 3 aromatic rings. The maximum atomic E-state index is 12.6. The molecule has 0 atom stereocenters. The molecule has 0 spiro atoms. The normalized spacial score (nSPS) is 13.5. The number of methoxy groups -OCH3 is 1. The number of thiazole rings is 1. The van der Waals surface area contributed by atoms with Gasteiger partial charge in [-0.2, -0.15) is 0 Å². The van der Waals surface area contributed by atoms with E-state index in [2.05, 4.69) is 20.3 Å². The summed E-state index contributed by atoms with van der Waals surface area (Å²) in [5, 5.41) is 8.70. The monoisotopic (exact) mass is 486 g/mol. The fourth-order valence-corrected chi connectivity index (χ4v) is 5.27.